The lowest BCUT2D eigenvalue weighted by Gasteiger charge is -2.31. The van der Waals surface area contributed by atoms with Crippen LogP contribution in [-0.2, 0) is 9.59 Å². The first-order chi connectivity index (χ1) is 10.8. The van der Waals surface area contributed by atoms with E-state index < -0.39 is 11.5 Å². The zero-order valence-electron chi connectivity index (χ0n) is 14.2. The molecule has 0 radical (unpaired) electrons. The lowest BCUT2D eigenvalue weighted by Crippen LogP contribution is -2.50. The minimum Gasteiger partial charge on any atom is -0.494 e. The quantitative estimate of drug-likeness (QED) is 0.707. The van der Waals surface area contributed by atoms with Crippen molar-refractivity contribution in [2.75, 3.05) is 20.3 Å². The normalized spacial score (nSPS) is 11.0. The summed E-state index contributed by atoms with van der Waals surface area (Å²) in [6, 6.07) is 7.28. The van der Waals surface area contributed by atoms with Crippen molar-refractivity contribution in [3.05, 3.63) is 24.3 Å². The average Bonchev–Trinajstić information content (AvgIpc) is 2.52. The van der Waals surface area contributed by atoms with Crippen molar-refractivity contribution in [1.29, 1.82) is 0 Å². The second-order valence-electron chi connectivity index (χ2n) is 5.67. The summed E-state index contributed by atoms with van der Waals surface area (Å²) in [5, 5.41) is 9.11. The largest absolute Gasteiger partial charge is 0.494 e. The molecule has 0 unspecified atom stereocenters. The molecule has 1 N–H and O–H groups in total. The van der Waals surface area contributed by atoms with Crippen LogP contribution in [0.15, 0.2) is 24.3 Å². The van der Waals surface area contributed by atoms with Crippen LogP contribution in [-0.4, -0.2) is 47.7 Å². The predicted molar refractivity (Wildman–Crippen MR) is 86.8 cm³/mol. The summed E-state index contributed by atoms with van der Waals surface area (Å²) in [5.74, 6) is 0.249. The average molecular weight is 323 g/mol. The van der Waals surface area contributed by atoms with Crippen molar-refractivity contribution in [3.8, 4) is 11.5 Å². The zero-order valence-corrected chi connectivity index (χ0v) is 14.2. The number of rotatable bonds is 9. The van der Waals surface area contributed by atoms with Crippen LogP contribution in [0.2, 0.25) is 0 Å². The van der Waals surface area contributed by atoms with E-state index >= 15 is 0 Å². The highest BCUT2D eigenvalue weighted by atomic mass is 16.5. The van der Waals surface area contributed by atoms with Crippen LogP contribution in [0.25, 0.3) is 0 Å². The Labute approximate surface area is 137 Å². The molecule has 0 atom stereocenters. The molecule has 1 amide bonds. The minimum atomic E-state index is -1.22. The van der Waals surface area contributed by atoms with Crippen molar-refractivity contribution in [3.63, 3.8) is 0 Å². The van der Waals surface area contributed by atoms with E-state index in [1.54, 1.807) is 0 Å². The molecule has 0 aliphatic heterocycles. The van der Waals surface area contributed by atoms with Gasteiger partial charge in [0, 0.05) is 13.5 Å². The molecule has 0 spiro atoms. The number of carboxylic acid groups (broad SMARTS) is 1. The number of aliphatic carboxylic acids is 1. The topological polar surface area (TPSA) is 76.1 Å². The second-order valence-corrected chi connectivity index (χ2v) is 5.67. The van der Waals surface area contributed by atoms with Crippen LogP contribution in [0.4, 0.5) is 0 Å². The Kier molecular flexibility index (Phi) is 6.88. The maximum absolute atomic E-state index is 12.0. The SMILES string of the molecule is CCOc1ccc(OCCCC(=O)N(C)C(C)(C)C(=O)O)cc1. The number of hydrogen-bond acceptors (Lipinski definition) is 4. The third-order valence-electron chi connectivity index (χ3n) is 3.67. The molecule has 6 heteroatoms. The van der Waals surface area contributed by atoms with Gasteiger partial charge in [0.1, 0.15) is 17.0 Å². The molecule has 0 heterocycles. The van der Waals surface area contributed by atoms with Gasteiger partial charge in [-0.05, 0) is 51.5 Å². The third kappa shape index (κ3) is 5.47. The molecule has 1 aromatic carbocycles. The molecule has 0 saturated carbocycles. The van der Waals surface area contributed by atoms with E-state index in [1.165, 1.54) is 25.8 Å². The van der Waals surface area contributed by atoms with Crippen molar-refractivity contribution >= 4 is 11.9 Å². The summed E-state index contributed by atoms with van der Waals surface area (Å²) in [6.07, 6.45) is 0.760. The molecule has 0 bridgehead atoms. The van der Waals surface area contributed by atoms with Gasteiger partial charge in [-0.25, -0.2) is 4.79 Å². The molecular formula is C17H25NO5. The fraction of sp³-hybridized carbons (Fsp3) is 0.529. The second kappa shape index (κ2) is 8.41. The fourth-order valence-electron chi connectivity index (χ4n) is 1.84. The molecule has 0 aliphatic carbocycles. The van der Waals surface area contributed by atoms with E-state index in [2.05, 4.69) is 0 Å². The van der Waals surface area contributed by atoms with Gasteiger partial charge in [0.25, 0.3) is 0 Å². The van der Waals surface area contributed by atoms with Gasteiger partial charge in [-0.2, -0.15) is 0 Å². The van der Waals surface area contributed by atoms with E-state index in [0.717, 1.165) is 5.75 Å². The molecule has 1 rings (SSSR count). The number of carbonyl (C=O) groups excluding carboxylic acids is 1. The van der Waals surface area contributed by atoms with Crippen molar-refractivity contribution < 1.29 is 24.2 Å². The molecule has 0 aromatic heterocycles. The molecule has 23 heavy (non-hydrogen) atoms. The van der Waals surface area contributed by atoms with Crippen molar-refractivity contribution in [1.82, 2.24) is 4.90 Å². The number of carbonyl (C=O) groups is 2. The Morgan fingerprint density at radius 2 is 1.65 bits per heavy atom. The summed E-state index contributed by atoms with van der Waals surface area (Å²) in [5.41, 5.74) is -1.22. The van der Waals surface area contributed by atoms with Gasteiger partial charge in [0.2, 0.25) is 5.91 Å². The smallest absolute Gasteiger partial charge is 0.329 e. The van der Waals surface area contributed by atoms with Gasteiger partial charge in [0.15, 0.2) is 0 Å². The number of nitrogens with zero attached hydrogens (tertiary/aromatic N) is 1. The summed E-state index contributed by atoms with van der Waals surface area (Å²) >= 11 is 0. The minimum absolute atomic E-state index is 0.215. The van der Waals surface area contributed by atoms with E-state index in [-0.39, 0.29) is 12.3 Å². The van der Waals surface area contributed by atoms with Crippen LogP contribution in [0.1, 0.15) is 33.6 Å². The Morgan fingerprint density at radius 1 is 1.13 bits per heavy atom. The molecule has 6 nitrogen and oxygen atoms in total. The van der Waals surface area contributed by atoms with Crippen LogP contribution in [0.3, 0.4) is 0 Å². The molecular weight excluding hydrogens is 298 g/mol. The summed E-state index contributed by atoms with van der Waals surface area (Å²) in [4.78, 5) is 24.4. The van der Waals surface area contributed by atoms with Gasteiger partial charge in [-0.3, -0.25) is 4.79 Å². The summed E-state index contributed by atoms with van der Waals surface area (Å²) in [7, 11) is 1.50. The molecule has 1 aromatic rings. The van der Waals surface area contributed by atoms with Gasteiger partial charge >= 0.3 is 5.97 Å². The maximum Gasteiger partial charge on any atom is 0.329 e. The highest BCUT2D eigenvalue weighted by molar-refractivity contribution is 5.86. The lowest BCUT2D eigenvalue weighted by molar-refractivity contribution is -0.155. The highest BCUT2D eigenvalue weighted by Crippen LogP contribution is 2.18. The Balaban J connectivity index is 2.36. The Morgan fingerprint density at radius 3 is 2.13 bits per heavy atom. The molecule has 0 aliphatic rings. The summed E-state index contributed by atoms with van der Waals surface area (Å²) in [6.45, 7) is 5.93. The standard InChI is InChI=1S/C17H25NO5/c1-5-22-13-8-10-14(11-9-13)23-12-6-7-15(19)18(4)17(2,3)16(20)21/h8-11H,5-7,12H2,1-4H3,(H,20,21). The first-order valence-corrected chi connectivity index (χ1v) is 7.64. The van der Waals surface area contributed by atoms with E-state index in [1.807, 2.05) is 31.2 Å². The molecule has 0 saturated heterocycles. The Bertz CT molecular complexity index is 524. The lowest BCUT2D eigenvalue weighted by atomic mass is 10.0. The van der Waals surface area contributed by atoms with E-state index in [9.17, 15) is 9.59 Å². The van der Waals surface area contributed by atoms with E-state index in [0.29, 0.717) is 25.4 Å². The van der Waals surface area contributed by atoms with Gasteiger partial charge in [0.05, 0.1) is 13.2 Å². The van der Waals surface area contributed by atoms with E-state index in [4.69, 9.17) is 14.6 Å². The maximum atomic E-state index is 12.0. The van der Waals surface area contributed by atoms with Crippen molar-refractivity contribution in [2.45, 2.75) is 39.2 Å². The number of carboxylic acids is 1. The zero-order chi connectivity index (χ0) is 17.5. The first-order valence-electron chi connectivity index (χ1n) is 7.64. The third-order valence-corrected chi connectivity index (χ3v) is 3.67. The van der Waals surface area contributed by atoms with Crippen LogP contribution in [0, 0.1) is 0 Å². The van der Waals surface area contributed by atoms with Crippen LogP contribution < -0.4 is 9.47 Å². The van der Waals surface area contributed by atoms with Crippen LogP contribution >= 0.6 is 0 Å². The number of amides is 1. The van der Waals surface area contributed by atoms with Crippen molar-refractivity contribution in [2.24, 2.45) is 0 Å². The van der Waals surface area contributed by atoms with Gasteiger partial charge in [-0.15, -0.1) is 0 Å². The number of ether oxygens (including phenoxy) is 2. The Hall–Kier alpha value is -2.24. The number of hydrogen-bond donors (Lipinski definition) is 1. The highest BCUT2D eigenvalue weighted by Gasteiger charge is 2.34. The number of benzene rings is 1. The number of likely N-dealkylation sites (N-methyl/N-ethyl adjacent to an activating group) is 1. The monoisotopic (exact) mass is 323 g/mol. The van der Waals surface area contributed by atoms with Crippen LogP contribution in [0.5, 0.6) is 11.5 Å². The fourth-order valence-corrected chi connectivity index (χ4v) is 1.84. The van der Waals surface area contributed by atoms with Gasteiger partial charge in [-0.1, -0.05) is 0 Å². The van der Waals surface area contributed by atoms with Gasteiger partial charge < -0.3 is 19.5 Å². The first kappa shape index (κ1) is 18.8. The predicted octanol–water partition coefficient (Wildman–Crippen LogP) is 2.57. The molecule has 0 fully saturated rings. The summed E-state index contributed by atoms with van der Waals surface area (Å²) < 4.78 is 10.9. The molecule has 128 valence electrons.